The van der Waals surface area contributed by atoms with E-state index in [1.807, 2.05) is 0 Å². The molecule has 0 bridgehead atoms. The van der Waals surface area contributed by atoms with Crippen LogP contribution in [0.25, 0.3) is 0 Å². The zero-order valence-corrected chi connectivity index (χ0v) is 10.3. The van der Waals surface area contributed by atoms with E-state index in [-0.39, 0.29) is 5.56 Å². The Labute approximate surface area is 98.8 Å². The van der Waals surface area contributed by atoms with Crippen LogP contribution in [-0.2, 0) is 11.8 Å². The predicted octanol–water partition coefficient (Wildman–Crippen LogP) is -0.263. The minimum atomic E-state index is -0.984. The second-order valence-corrected chi connectivity index (χ2v) is 3.90. The number of carbonyl (C=O) groups is 2. The lowest BCUT2D eigenvalue weighted by molar-refractivity contribution is -0.138. The van der Waals surface area contributed by atoms with Crippen molar-refractivity contribution in [1.29, 1.82) is 0 Å². The summed E-state index contributed by atoms with van der Waals surface area (Å²) in [5, 5.41) is 13.0. The highest BCUT2D eigenvalue weighted by Crippen LogP contribution is 2.23. The molecule has 0 saturated carbocycles. The Kier molecular flexibility index (Phi) is 3.40. The third-order valence-electron chi connectivity index (χ3n) is 2.71. The van der Waals surface area contributed by atoms with Gasteiger partial charge in [-0.25, -0.2) is 4.79 Å². The van der Waals surface area contributed by atoms with Crippen molar-refractivity contribution in [2.24, 2.45) is 12.8 Å². The molecule has 0 aliphatic rings. The molecule has 7 nitrogen and oxygen atoms in total. The Bertz CT molecular complexity index is 466. The predicted molar refractivity (Wildman–Crippen MR) is 62.0 cm³/mol. The van der Waals surface area contributed by atoms with Gasteiger partial charge < -0.3 is 15.7 Å². The van der Waals surface area contributed by atoms with Gasteiger partial charge in [0.2, 0.25) is 0 Å². The lowest BCUT2D eigenvalue weighted by Crippen LogP contribution is -2.38. The van der Waals surface area contributed by atoms with Gasteiger partial charge in [-0.2, -0.15) is 5.10 Å². The fraction of sp³-hybridized carbons (Fsp3) is 0.500. The van der Waals surface area contributed by atoms with Crippen LogP contribution >= 0.6 is 0 Å². The maximum atomic E-state index is 11.3. The van der Waals surface area contributed by atoms with Crippen molar-refractivity contribution in [3.05, 3.63) is 11.3 Å². The van der Waals surface area contributed by atoms with E-state index >= 15 is 0 Å². The lowest BCUT2D eigenvalue weighted by Gasteiger charge is -2.24. The normalized spacial score (nSPS) is 12.2. The largest absolute Gasteiger partial charge is 0.480 e. The van der Waals surface area contributed by atoms with Gasteiger partial charge in [0.05, 0.1) is 5.69 Å². The Morgan fingerprint density at radius 1 is 1.53 bits per heavy atom. The number of nitrogens with two attached hydrogens (primary N) is 1. The number of hydrogen-bond donors (Lipinski definition) is 2. The van der Waals surface area contributed by atoms with E-state index in [4.69, 9.17) is 10.8 Å². The van der Waals surface area contributed by atoms with Crippen LogP contribution < -0.4 is 10.6 Å². The number of hydrogen-bond acceptors (Lipinski definition) is 4. The van der Waals surface area contributed by atoms with Crippen molar-refractivity contribution in [2.45, 2.75) is 19.9 Å². The van der Waals surface area contributed by atoms with E-state index < -0.39 is 17.9 Å². The number of likely N-dealkylation sites (N-methyl/N-ethyl adjacent to an activating group) is 1. The first kappa shape index (κ1) is 13.0. The summed E-state index contributed by atoms with van der Waals surface area (Å²) in [6, 6.07) is -0.775. The fourth-order valence-electron chi connectivity index (χ4n) is 1.69. The molecule has 1 atom stereocenters. The van der Waals surface area contributed by atoms with E-state index in [9.17, 15) is 9.59 Å². The summed E-state index contributed by atoms with van der Waals surface area (Å²) < 4.78 is 1.45. The first-order valence-electron chi connectivity index (χ1n) is 5.06. The molecule has 0 fully saturated rings. The van der Waals surface area contributed by atoms with Crippen molar-refractivity contribution < 1.29 is 14.7 Å². The summed E-state index contributed by atoms with van der Waals surface area (Å²) in [5.41, 5.74) is 6.01. The molecule has 0 radical (unpaired) electrons. The fourth-order valence-corrected chi connectivity index (χ4v) is 1.69. The maximum absolute atomic E-state index is 11.3. The number of rotatable bonds is 4. The molecule has 17 heavy (non-hydrogen) atoms. The van der Waals surface area contributed by atoms with Gasteiger partial charge in [0.15, 0.2) is 0 Å². The van der Waals surface area contributed by atoms with E-state index in [2.05, 4.69) is 5.10 Å². The van der Waals surface area contributed by atoms with Crippen LogP contribution in [0.4, 0.5) is 5.82 Å². The highest BCUT2D eigenvalue weighted by Gasteiger charge is 2.26. The van der Waals surface area contributed by atoms with Crippen LogP contribution in [0, 0.1) is 6.92 Å². The molecule has 1 aromatic heterocycles. The highest BCUT2D eigenvalue weighted by atomic mass is 16.4. The van der Waals surface area contributed by atoms with Gasteiger partial charge in [-0.3, -0.25) is 9.48 Å². The van der Waals surface area contributed by atoms with Gasteiger partial charge in [-0.1, -0.05) is 0 Å². The summed E-state index contributed by atoms with van der Waals surface area (Å²) in [6.45, 7) is 3.18. The average Bonchev–Trinajstić information content (AvgIpc) is 2.51. The topological polar surface area (TPSA) is 101 Å². The van der Waals surface area contributed by atoms with E-state index in [0.717, 1.165) is 0 Å². The zero-order chi connectivity index (χ0) is 13.3. The molecule has 94 valence electrons. The van der Waals surface area contributed by atoms with Crippen molar-refractivity contribution in [3.63, 3.8) is 0 Å². The average molecular weight is 240 g/mol. The molecular weight excluding hydrogens is 224 g/mol. The minimum Gasteiger partial charge on any atom is -0.480 e. The number of primary amides is 1. The molecule has 1 heterocycles. The van der Waals surface area contributed by atoms with E-state index in [1.54, 1.807) is 21.0 Å². The maximum Gasteiger partial charge on any atom is 0.326 e. The molecule has 1 rings (SSSR count). The van der Waals surface area contributed by atoms with Crippen LogP contribution in [0.1, 0.15) is 23.0 Å². The number of aliphatic carboxylic acids is 1. The summed E-state index contributed by atoms with van der Waals surface area (Å²) in [4.78, 5) is 23.7. The summed E-state index contributed by atoms with van der Waals surface area (Å²) in [6.07, 6.45) is 0. The number of aromatic nitrogens is 2. The Balaban J connectivity index is 3.30. The van der Waals surface area contributed by atoms with Crippen LogP contribution in [0.5, 0.6) is 0 Å². The summed E-state index contributed by atoms with van der Waals surface area (Å²) in [5.74, 6) is -1.19. The zero-order valence-electron chi connectivity index (χ0n) is 10.3. The molecule has 0 spiro atoms. The smallest absolute Gasteiger partial charge is 0.326 e. The second kappa shape index (κ2) is 4.44. The standard InChI is InChI=1S/C10H16N4O3/c1-5-7(8(11)15)9(14(4)12-5)13(3)6(2)10(16)17/h6H,1-4H3,(H2,11,15)(H,16,17). The molecule has 0 aromatic carbocycles. The van der Waals surface area contributed by atoms with Gasteiger partial charge >= 0.3 is 5.97 Å². The van der Waals surface area contributed by atoms with Crippen molar-refractivity contribution in [1.82, 2.24) is 9.78 Å². The summed E-state index contributed by atoms with van der Waals surface area (Å²) >= 11 is 0. The monoisotopic (exact) mass is 240 g/mol. The van der Waals surface area contributed by atoms with Gasteiger partial charge in [0.25, 0.3) is 5.91 Å². The van der Waals surface area contributed by atoms with Crippen LogP contribution in [-0.4, -0.2) is 39.9 Å². The third kappa shape index (κ3) is 2.22. The second-order valence-electron chi connectivity index (χ2n) is 3.90. The molecule has 7 heteroatoms. The van der Waals surface area contributed by atoms with Gasteiger partial charge in [-0.05, 0) is 13.8 Å². The van der Waals surface area contributed by atoms with Crippen molar-refractivity contribution in [3.8, 4) is 0 Å². The Hall–Kier alpha value is -2.05. The molecule has 3 N–H and O–H groups in total. The number of carboxylic acid groups (broad SMARTS) is 1. The lowest BCUT2D eigenvalue weighted by atomic mass is 10.2. The number of amides is 1. The molecule has 0 saturated heterocycles. The molecular formula is C10H16N4O3. The number of aryl methyl sites for hydroxylation is 2. The van der Waals surface area contributed by atoms with Gasteiger partial charge in [0.1, 0.15) is 17.4 Å². The molecule has 0 aliphatic heterocycles. The van der Waals surface area contributed by atoms with E-state index in [0.29, 0.717) is 11.5 Å². The highest BCUT2D eigenvalue weighted by molar-refractivity contribution is 5.99. The molecule has 1 aromatic rings. The first-order chi connectivity index (χ1) is 7.77. The molecule has 1 unspecified atom stereocenters. The quantitative estimate of drug-likeness (QED) is 0.754. The number of carbonyl (C=O) groups excluding carboxylic acids is 1. The van der Waals surface area contributed by atoms with Crippen molar-refractivity contribution in [2.75, 3.05) is 11.9 Å². The molecule has 1 amide bonds. The SMILES string of the molecule is Cc1nn(C)c(N(C)C(C)C(=O)O)c1C(N)=O. The van der Waals surface area contributed by atoms with E-state index in [1.165, 1.54) is 16.5 Å². The first-order valence-corrected chi connectivity index (χ1v) is 5.06. The number of carboxylic acids is 1. The number of anilines is 1. The Morgan fingerprint density at radius 2 is 2.06 bits per heavy atom. The number of nitrogens with zero attached hydrogens (tertiary/aromatic N) is 3. The van der Waals surface area contributed by atoms with Crippen LogP contribution in [0.2, 0.25) is 0 Å². The summed E-state index contributed by atoms with van der Waals surface area (Å²) in [7, 11) is 3.22. The van der Waals surface area contributed by atoms with Crippen molar-refractivity contribution >= 4 is 17.7 Å². The minimum absolute atomic E-state index is 0.253. The van der Waals surface area contributed by atoms with Gasteiger partial charge in [0, 0.05) is 14.1 Å². The molecule has 0 aliphatic carbocycles. The van der Waals surface area contributed by atoms with Gasteiger partial charge in [-0.15, -0.1) is 0 Å². The van der Waals surface area contributed by atoms with Crippen LogP contribution in [0.3, 0.4) is 0 Å². The van der Waals surface area contributed by atoms with Crippen LogP contribution in [0.15, 0.2) is 0 Å². The Morgan fingerprint density at radius 3 is 2.47 bits per heavy atom. The third-order valence-corrected chi connectivity index (χ3v) is 2.71.